The van der Waals surface area contributed by atoms with Gasteiger partial charge in [0.1, 0.15) is 5.75 Å². The number of aromatic carboxylic acids is 1. The number of methoxy groups -OCH3 is 1. The van der Waals surface area contributed by atoms with E-state index in [1.807, 2.05) is 24.3 Å². The number of hydrogen-bond donors (Lipinski definition) is 2. The second kappa shape index (κ2) is 6.38. The van der Waals surface area contributed by atoms with Crippen LogP contribution >= 0.6 is 0 Å². The van der Waals surface area contributed by atoms with Crippen molar-refractivity contribution in [2.24, 2.45) is 5.10 Å². The average Bonchev–Trinajstić information content (AvgIpc) is 2.48. The van der Waals surface area contributed by atoms with Crippen LogP contribution in [-0.2, 0) is 0 Å². The van der Waals surface area contributed by atoms with E-state index in [1.165, 1.54) is 6.07 Å². The fourth-order valence-electron chi connectivity index (χ4n) is 1.63. The van der Waals surface area contributed by atoms with Crippen LogP contribution in [0, 0.1) is 0 Å². The normalized spacial score (nSPS) is 10.4. The van der Waals surface area contributed by atoms with E-state index in [9.17, 15) is 4.79 Å². The summed E-state index contributed by atoms with van der Waals surface area (Å²) in [5, 5.41) is 13.1. The molecule has 5 heteroatoms. The first kappa shape index (κ1) is 13.6. The summed E-state index contributed by atoms with van der Waals surface area (Å²) in [6.07, 6.45) is 1.61. The number of hydrogen-bond acceptors (Lipinski definition) is 4. The Kier molecular flexibility index (Phi) is 4.34. The van der Waals surface area contributed by atoms with E-state index >= 15 is 0 Å². The third-order valence-electron chi connectivity index (χ3n) is 2.67. The number of benzene rings is 2. The highest BCUT2D eigenvalue weighted by Crippen LogP contribution is 2.15. The van der Waals surface area contributed by atoms with Gasteiger partial charge in [-0.3, -0.25) is 5.43 Å². The Labute approximate surface area is 116 Å². The number of nitrogens with zero attached hydrogens (tertiary/aromatic N) is 1. The molecule has 102 valence electrons. The Morgan fingerprint density at radius 1 is 1.20 bits per heavy atom. The van der Waals surface area contributed by atoms with Gasteiger partial charge in [0.2, 0.25) is 0 Å². The number of ether oxygens (including phenoxy) is 1. The van der Waals surface area contributed by atoms with Crippen molar-refractivity contribution in [1.82, 2.24) is 0 Å². The summed E-state index contributed by atoms with van der Waals surface area (Å²) in [6, 6.07) is 14.0. The van der Waals surface area contributed by atoms with E-state index in [1.54, 1.807) is 31.5 Å². The van der Waals surface area contributed by atoms with Gasteiger partial charge >= 0.3 is 5.97 Å². The van der Waals surface area contributed by atoms with E-state index in [0.29, 0.717) is 5.69 Å². The summed E-state index contributed by atoms with van der Waals surface area (Å²) in [7, 11) is 1.60. The van der Waals surface area contributed by atoms with Gasteiger partial charge in [0.15, 0.2) is 0 Å². The monoisotopic (exact) mass is 270 g/mol. The summed E-state index contributed by atoms with van der Waals surface area (Å²) in [6.45, 7) is 0. The number of carboxylic acids is 1. The average molecular weight is 270 g/mol. The zero-order chi connectivity index (χ0) is 14.4. The topological polar surface area (TPSA) is 70.9 Å². The van der Waals surface area contributed by atoms with Crippen molar-refractivity contribution in [3.05, 3.63) is 59.7 Å². The molecule has 0 bridgehead atoms. The van der Waals surface area contributed by atoms with Gasteiger partial charge in [-0.2, -0.15) is 5.10 Å². The van der Waals surface area contributed by atoms with Gasteiger partial charge in [-0.25, -0.2) is 4.79 Å². The number of para-hydroxylation sites is 1. The maximum absolute atomic E-state index is 11.0. The summed E-state index contributed by atoms with van der Waals surface area (Å²) >= 11 is 0. The third-order valence-corrected chi connectivity index (χ3v) is 2.67. The summed E-state index contributed by atoms with van der Waals surface area (Å²) < 4.78 is 5.06. The van der Waals surface area contributed by atoms with Gasteiger partial charge in [0.05, 0.1) is 24.6 Å². The Morgan fingerprint density at radius 3 is 2.55 bits per heavy atom. The molecule has 20 heavy (non-hydrogen) atoms. The molecule has 0 aliphatic rings. The van der Waals surface area contributed by atoms with E-state index < -0.39 is 5.97 Å². The SMILES string of the molecule is COc1ccc(C=NNc2ccccc2C(=O)O)cc1. The van der Waals surface area contributed by atoms with E-state index in [4.69, 9.17) is 9.84 Å². The molecule has 0 saturated carbocycles. The van der Waals surface area contributed by atoms with Crippen LogP contribution in [0.25, 0.3) is 0 Å². The minimum atomic E-state index is -0.993. The van der Waals surface area contributed by atoms with Crippen LogP contribution in [0.2, 0.25) is 0 Å². The molecule has 0 atom stereocenters. The molecule has 0 unspecified atom stereocenters. The second-order valence-corrected chi connectivity index (χ2v) is 3.99. The molecule has 2 aromatic rings. The number of rotatable bonds is 5. The minimum absolute atomic E-state index is 0.180. The van der Waals surface area contributed by atoms with Crippen LogP contribution in [-0.4, -0.2) is 24.4 Å². The van der Waals surface area contributed by atoms with Crippen molar-refractivity contribution in [2.45, 2.75) is 0 Å². The Balaban J connectivity index is 2.08. The van der Waals surface area contributed by atoms with Crippen LogP contribution in [0.15, 0.2) is 53.6 Å². The van der Waals surface area contributed by atoms with Crippen LogP contribution in [0.1, 0.15) is 15.9 Å². The van der Waals surface area contributed by atoms with E-state index in [-0.39, 0.29) is 5.56 Å². The van der Waals surface area contributed by atoms with Gasteiger partial charge in [-0.05, 0) is 42.0 Å². The summed E-state index contributed by atoms with van der Waals surface area (Å²) in [5.74, 6) is -0.223. The summed E-state index contributed by atoms with van der Waals surface area (Å²) in [4.78, 5) is 11.0. The quantitative estimate of drug-likeness (QED) is 0.647. The molecule has 0 fully saturated rings. The molecule has 2 aromatic carbocycles. The van der Waals surface area contributed by atoms with Crippen molar-refractivity contribution in [3.63, 3.8) is 0 Å². The predicted octanol–water partition coefficient (Wildman–Crippen LogP) is 2.84. The molecule has 0 aromatic heterocycles. The number of anilines is 1. The number of carbonyl (C=O) groups is 1. The molecule has 2 N–H and O–H groups in total. The second-order valence-electron chi connectivity index (χ2n) is 3.99. The highest BCUT2D eigenvalue weighted by molar-refractivity contribution is 5.94. The first-order valence-corrected chi connectivity index (χ1v) is 5.96. The number of carboxylic acid groups (broad SMARTS) is 1. The predicted molar refractivity (Wildman–Crippen MR) is 77.6 cm³/mol. The van der Waals surface area contributed by atoms with Gasteiger partial charge in [-0.1, -0.05) is 12.1 Å². The lowest BCUT2D eigenvalue weighted by Gasteiger charge is -2.04. The van der Waals surface area contributed by atoms with Gasteiger partial charge in [0.25, 0.3) is 0 Å². The van der Waals surface area contributed by atoms with Crippen molar-refractivity contribution in [2.75, 3.05) is 12.5 Å². The van der Waals surface area contributed by atoms with E-state index in [0.717, 1.165) is 11.3 Å². The fourth-order valence-corrected chi connectivity index (χ4v) is 1.63. The maximum atomic E-state index is 11.0. The van der Waals surface area contributed by atoms with Crippen molar-refractivity contribution >= 4 is 17.9 Å². The van der Waals surface area contributed by atoms with Crippen molar-refractivity contribution in [1.29, 1.82) is 0 Å². The highest BCUT2D eigenvalue weighted by Gasteiger charge is 2.07. The summed E-state index contributed by atoms with van der Waals surface area (Å²) in [5.41, 5.74) is 4.24. The smallest absolute Gasteiger partial charge is 0.337 e. The molecule has 0 amide bonds. The van der Waals surface area contributed by atoms with Crippen LogP contribution < -0.4 is 10.2 Å². The minimum Gasteiger partial charge on any atom is -0.497 e. The Morgan fingerprint density at radius 2 is 1.90 bits per heavy atom. The zero-order valence-electron chi connectivity index (χ0n) is 10.9. The molecule has 0 aliphatic carbocycles. The van der Waals surface area contributed by atoms with E-state index in [2.05, 4.69) is 10.5 Å². The first-order chi connectivity index (χ1) is 9.70. The molecule has 0 saturated heterocycles. The van der Waals surface area contributed by atoms with Gasteiger partial charge in [-0.15, -0.1) is 0 Å². The lowest BCUT2D eigenvalue weighted by Crippen LogP contribution is -2.02. The largest absolute Gasteiger partial charge is 0.497 e. The van der Waals surface area contributed by atoms with Gasteiger partial charge < -0.3 is 9.84 Å². The molecule has 0 spiro atoms. The first-order valence-electron chi connectivity index (χ1n) is 5.96. The Hall–Kier alpha value is -2.82. The molecular weight excluding hydrogens is 256 g/mol. The Bertz CT molecular complexity index is 621. The molecule has 2 rings (SSSR count). The standard InChI is InChI=1S/C15H14N2O3/c1-20-12-8-6-11(7-9-12)10-16-17-14-5-3-2-4-13(14)15(18)19/h2-10,17H,1H3,(H,18,19). The fraction of sp³-hybridized carbons (Fsp3) is 0.0667. The van der Waals surface area contributed by atoms with Crippen molar-refractivity contribution < 1.29 is 14.6 Å². The molecule has 0 radical (unpaired) electrons. The zero-order valence-corrected chi connectivity index (χ0v) is 10.9. The molecule has 0 heterocycles. The molecule has 5 nitrogen and oxygen atoms in total. The molecular formula is C15H14N2O3. The van der Waals surface area contributed by atoms with Crippen LogP contribution in [0.4, 0.5) is 5.69 Å². The van der Waals surface area contributed by atoms with Crippen molar-refractivity contribution in [3.8, 4) is 5.75 Å². The lowest BCUT2D eigenvalue weighted by molar-refractivity contribution is 0.0698. The third kappa shape index (κ3) is 3.35. The number of hydrazone groups is 1. The highest BCUT2D eigenvalue weighted by atomic mass is 16.5. The van der Waals surface area contributed by atoms with Crippen LogP contribution in [0.5, 0.6) is 5.75 Å². The van der Waals surface area contributed by atoms with Crippen LogP contribution in [0.3, 0.4) is 0 Å². The van der Waals surface area contributed by atoms with Gasteiger partial charge in [0, 0.05) is 0 Å². The number of nitrogens with one attached hydrogen (secondary N) is 1. The maximum Gasteiger partial charge on any atom is 0.337 e. The lowest BCUT2D eigenvalue weighted by atomic mass is 10.2. The molecule has 0 aliphatic heterocycles.